The number of amides is 1. The van der Waals surface area contributed by atoms with Gasteiger partial charge in [-0.1, -0.05) is 48.5 Å². The van der Waals surface area contributed by atoms with E-state index in [9.17, 15) is 9.59 Å². The molecule has 1 aliphatic heterocycles. The Balaban J connectivity index is 1.77. The number of ether oxygens (including phenoxy) is 1. The maximum absolute atomic E-state index is 12.5. The molecule has 23 heavy (non-hydrogen) atoms. The van der Waals surface area contributed by atoms with E-state index in [2.05, 4.69) is 0 Å². The maximum atomic E-state index is 12.5. The molecule has 0 saturated heterocycles. The van der Waals surface area contributed by atoms with E-state index in [1.54, 1.807) is 11.8 Å². The third-order valence-electron chi connectivity index (χ3n) is 4.15. The molecule has 1 atom stereocenters. The van der Waals surface area contributed by atoms with Crippen LogP contribution in [0.2, 0.25) is 0 Å². The molecule has 118 valence electrons. The van der Waals surface area contributed by atoms with Crippen molar-refractivity contribution < 1.29 is 14.3 Å². The maximum Gasteiger partial charge on any atom is 0.414 e. The minimum atomic E-state index is -0.410. The fraction of sp³-hybridized carbons (Fsp3) is 0.263. The van der Waals surface area contributed by atoms with Gasteiger partial charge in [-0.25, -0.2) is 4.79 Å². The fourth-order valence-corrected chi connectivity index (χ4v) is 2.84. The number of fused-ring (bicyclic) bond motifs is 1. The van der Waals surface area contributed by atoms with Crippen molar-refractivity contribution in [3.05, 3.63) is 65.7 Å². The molecule has 0 spiro atoms. The third-order valence-corrected chi connectivity index (χ3v) is 4.15. The molecular weight excluding hydrogens is 290 g/mol. The van der Waals surface area contributed by atoms with Gasteiger partial charge < -0.3 is 4.74 Å². The highest BCUT2D eigenvalue weighted by atomic mass is 16.6. The number of carbonyl (C=O) groups excluding carboxylic acids is 2. The van der Waals surface area contributed by atoms with Crippen molar-refractivity contribution in [1.82, 2.24) is 0 Å². The number of rotatable bonds is 3. The lowest BCUT2D eigenvalue weighted by Gasteiger charge is -2.32. The number of ketones is 1. The molecule has 2 aromatic carbocycles. The standard InChI is InChI=1S/C19H19NO3/c1-14(21)17-11-16-9-5-6-10-18(16)20(12-17)19(22)23-13-15-7-3-2-4-8-15/h2-10,17H,11-13H2,1H3. The Morgan fingerprint density at radius 3 is 2.52 bits per heavy atom. The Morgan fingerprint density at radius 2 is 1.78 bits per heavy atom. The fourth-order valence-electron chi connectivity index (χ4n) is 2.84. The van der Waals surface area contributed by atoms with Gasteiger partial charge in [0.15, 0.2) is 0 Å². The van der Waals surface area contributed by atoms with Crippen LogP contribution in [-0.2, 0) is 22.6 Å². The lowest BCUT2D eigenvalue weighted by molar-refractivity contribution is -0.120. The molecule has 3 rings (SSSR count). The van der Waals surface area contributed by atoms with Crippen LogP contribution in [0, 0.1) is 5.92 Å². The molecule has 4 nitrogen and oxygen atoms in total. The zero-order valence-corrected chi connectivity index (χ0v) is 13.1. The second-order valence-corrected chi connectivity index (χ2v) is 5.79. The van der Waals surface area contributed by atoms with Crippen LogP contribution < -0.4 is 4.90 Å². The summed E-state index contributed by atoms with van der Waals surface area (Å²) in [5.41, 5.74) is 2.79. The third kappa shape index (κ3) is 3.42. The summed E-state index contributed by atoms with van der Waals surface area (Å²) in [4.78, 5) is 25.8. The largest absolute Gasteiger partial charge is 0.444 e. The lowest BCUT2D eigenvalue weighted by atomic mass is 9.90. The van der Waals surface area contributed by atoms with E-state index in [1.807, 2.05) is 54.6 Å². The Bertz CT molecular complexity index is 712. The van der Waals surface area contributed by atoms with E-state index in [4.69, 9.17) is 4.74 Å². The van der Waals surface area contributed by atoms with Gasteiger partial charge in [-0.2, -0.15) is 0 Å². The number of carbonyl (C=O) groups is 2. The molecule has 0 aliphatic carbocycles. The quantitative estimate of drug-likeness (QED) is 0.870. The van der Waals surface area contributed by atoms with Crippen molar-refractivity contribution in [2.45, 2.75) is 20.0 Å². The van der Waals surface area contributed by atoms with E-state index >= 15 is 0 Å². The highest BCUT2D eigenvalue weighted by Crippen LogP contribution is 2.30. The van der Waals surface area contributed by atoms with Gasteiger partial charge in [0.2, 0.25) is 0 Å². The molecular formula is C19H19NO3. The number of hydrogen-bond donors (Lipinski definition) is 0. The number of Topliss-reactive ketones (excluding diaryl/α,β-unsaturated/α-hetero) is 1. The highest BCUT2D eigenvalue weighted by Gasteiger charge is 2.31. The van der Waals surface area contributed by atoms with Crippen LogP contribution >= 0.6 is 0 Å². The number of para-hydroxylation sites is 1. The normalized spacial score (nSPS) is 16.6. The summed E-state index contributed by atoms with van der Waals surface area (Å²) < 4.78 is 5.43. The first-order chi connectivity index (χ1) is 11.1. The van der Waals surface area contributed by atoms with Crippen molar-refractivity contribution in [1.29, 1.82) is 0 Å². The Hall–Kier alpha value is -2.62. The summed E-state index contributed by atoms with van der Waals surface area (Å²) in [7, 11) is 0. The molecule has 0 aromatic heterocycles. The molecule has 1 aliphatic rings. The molecule has 4 heteroatoms. The zero-order chi connectivity index (χ0) is 16.2. The van der Waals surface area contributed by atoms with Gasteiger partial charge in [-0.05, 0) is 30.5 Å². The van der Waals surface area contributed by atoms with Crippen LogP contribution in [0.1, 0.15) is 18.1 Å². The molecule has 0 fully saturated rings. The van der Waals surface area contributed by atoms with Crippen LogP contribution in [0.4, 0.5) is 10.5 Å². The van der Waals surface area contributed by atoms with E-state index < -0.39 is 6.09 Å². The van der Waals surface area contributed by atoms with E-state index in [-0.39, 0.29) is 18.3 Å². The summed E-state index contributed by atoms with van der Waals surface area (Å²) >= 11 is 0. The summed E-state index contributed by atoms with van der Waals surface area (Å²) in [5.74, 6) is -0.0745. The van der Waals surface area contributed by atoms with Crippen molar-refractivity contribution in [2.75, 3.05) is 11.4 Å². The van der Waals surface area contributed by atoms with Crippen LogP contribution in [0.3, 0.4) is 0 Å². The number of nitrogens with zero attached hydrogens (tertiary/aromatic N) is 1. The number of benzene rings is 2. The van der Waals surface area contributed by atoms with Crippen LogP contribution in [0.5, 0.6) is 0 Å². The first-order valence-corrected chi connectivity index (χ1v) is 7.71. The van der Waals surface area contributed by atoms with Crippen LogP contribution in [-0.4, -0.2) is 18.4 Å². The molecule has 0 saturated carbocycles. The van der Waals surface area contributed by atoms with Gasteiger partial charge in [0.25, 0.3) is 0 Å². The topological polar surface area (TPSA) is 46.6 Å². The van der Waals surface area contributed by atoms with Gasteiger partial charge in [-0.3, -0.25) is 9.69 Å². The molecule has 0 radical (unpaired) electrons. The molecule has 1 heterocycles. The minimum Gasteiger partial charge on any atom is -0.444 e. The smallest absolute Gasteiger partial charge is 0.414 e. The SMILES string of the molecule is CC(=O)C1Cc2ccccc2N(C(=O)OCc2ccccc2)C1. The minimum absolute atomic E-state index is 0.0976. The predicted molar refractivity (Wildman–Crippen MR) is 88.3 cm³/mol. The molecule has 0 N–H and O–H groups in total. The Kier molecular flexibility index (Phi) is 4.42. The summed E-state index contributed by atoms with van der Waals surface area (Å²) in [6.45, 7) is 2.18. The van der Waals surface area contributed by atoms with E-state index in [0.717, 1.165) is 16.8 Å². The second kappa shape index (κ2) is 6.65. The molecule has 1 amide bonds. The highest BCUT2D eigenvalue weighted by molar-refractivity contribution is 5.91. The predicted octanol–water partition coefficient (Wildman–Crippen LogP) is 3.59. The molecule has 2 aromatic rings. The van der Waals surface area contributed by atoms with Gasteiger partial charge in [0.1, 0.15) is 12.4 Å². The monoisotopic (exact) mass is 309 g/mol. The molecule has 0 bridgehead atoms. The van der Waals surface area contributed by atoms with Crippen molar-refractivity contribution in [2.24, 2.45) is 5.92 Å². The van der Waals surface area contributed by atoms with Crippen LogP contribution in [0.25, 0.3) is 0 Å². The lowest BCUT2D eigenvalue weighted by Crippen LogP contribution is -2.42. The van der Waals surface area contributed by atoms with Crippen molar-refractivity contribution >= 4 is 17.6 Å². The Labute approximate surface area is 135 Å². The second-order valence-electron chi connectivity index (χ2n) is 5.79. The first kappa shape index (κ1) is 15.3. The number of hydrogen-bond acceptors (Lipinski definition) is 3. The Morgan fingerprint density at radius 1 is 1.09 bits per heavy atom. The van der Waals surface area contributed by atoms with Crippen molar-refractivity contribution in [3.63, 3.8) is 0 Å². The van der Waals surface area contributed by atoms with Crippen LogP contribution in [0.15, 0.2) is 54.6 Å². The van der Waals surface area contributed by atoms with E-state index in [0.29, 0.717) is 13.0 Å². The molecule has 1 unspecified atom stereocenters. The van der Waals surface area contributed by atoms with Gasteiger partial charge in [-0.15, -0.1) is 0 Å². The van der Waals surface area contributed by atoms with E-state index in [1.165, 1.54) is 0 Å². The summed E-state index contributed by atoms with van der Waals surface area (Å²) in [5, 5.41) is 0. The van der Waals surface area contributed by atoms with Gasteiger partial charge in [0, 0.05) is 12.5 Å². The average Bonchev–Trinajstić information content (AvgIpc) is 2.59. The van der Waals surface area contributed by atoms with Gasteiger partial charge >= 0.3 is 6.09 Å². The van der Waals surface area contributed by atoms with Gasteiger partial charge in [0.05, 0.1) is 5.69 Å². The van der Waals surface area contributed by atoms with Crippen molar-refractivity contribution in [3.8, 4) is 0 Å². The summed E-state index contributed by atoms with van der Waals surface area (Å²) in [6, 6.07) is 17.2. The zero-order valence-electron chi connectivity index (χ0n) is 13.1. The number of anilines is 1. The average molecular weight is 309 g/mol. The summed E-state index contributed by atoms with van der Waals surface area (Å²) in [6.07, 6.45) is 0.265. The first-order valence-electron chi connectivity index (χ1n) is 7.71.